The molecule has 0 aromatic rings. The lowest BCUT2D eigenvalue weighted by atomic mass is 10.2. The number of aliphatic hydroxyl groups excluding tert-OH is 1. The standard InChI is InChI=1S/C5H8O3/c1-2-4(6)3-5(7)8/h2,4,6H,1,3H2,(H,7,8). The summed E-state index contributed by atoms with van der Waals surface area (Å²) in [5.74, 6) is -1.02. The third-order valence-corrected chi connectivity index (χ3v) is 0.656. The number of carboxylic acid groups (broad SMARTS) is 1. The van der Waals surface area contributed by atoms with E-state index in [0.29, 0.717) is 0 Å². The maximum atomic E-state index is 9.76. The lowest BCUT2D eigenvalue weighted by molar-refractivity contribution is -0.138. The van der Waals surface area contributed by atoms with Crippen molar-refractivity contribution in [3.05, 3.63) is 12.7 Å². The molecule has 3 heteroatoms. The van der Waals surface area contributed by atoms with E-state index >= 15 is 0 Å². The fourth-order valence-corrected chi connectivity index (χ4v) is 0.262. The van der Waals surface area contributed by atoms with Crippen LogP contribution in [0.2, 0.25) is 0 Å². The zero-order valence-electron chi connectivity index (χ0n) is 4.37. The van der Waals surface area contributed by atoms with Crippen molar-refractivity contribution in [1.29, 1.82) is 0 Å². The molecule has 0 aliphatic rings. The first-order chi connectivity index (χ1) is 3.66. The van der Waals surface area contributed by atoms with Gasteiger partial charge in [-0.15, -0.1) is 6.58 Å². The average Bonchev–Trinajstić information content (AvgIpc) is 1.65. The van der Waals surface area contributed by atoms with Crippen molar-refractivity contribution in [2.24, 2.45) is 0 Å². The summed E-state index contributed by atoms with van der Waals surface area (Å²) in [4.78, 5) is 9.76. The molecule has 1 atom stereocenters. The van der Waals surface area contributed by atoms with Crippen molar-refractivity contribution in [2.45, 2.75) is 12.5 Å². The number of carbonyl (C=O) groups is 1. The maximum Gasteiger partial charge on any atom is 0.306 e. The predicted octanol–water partition coefficient (Wildman–Crippen LogP) is 0.00800. The first-order valence-corrected chi connectivity index (χ1v) is 2.19. The summed E-state index contributed by atoms with van der Waals surface area (Å²) in [6.07, 6.45) is 0.0185. The van der Waals surface area contributed by atoms with Crippen LogP contribution in [-0.4, -0.2) is 22.3 Å². The molecular formula is C5H8O3. The molecule has 2 N–H and O–H groups in total. The SMILES string of the molecule is C=CC(O)CC(=O)O. The molecule has 0 aromatic carbocycles. The first-order valence-electron chi connectivity index (χ1n) is 2.19. The summed E-state index contributed by atoms with van der Waals surface area (Å²) < 4.78 is 0. The minimum Gasteiger partial charge on any atom is -0.481 e. The van der Waals surface area contributed by atoms with Gasteiger partial charge in [0.2, 0.25) is 0 Å². The Kier molecular flexibility index (Phi) is 2.88. The topological polar surface area (TPSA) is 57.5 Å². The molecule has 0 aromatic heterocycles. The van der Waals surface area contributed by atoms with E-state index in [0.717, 1.165) is 0 Å². The highest BCUT2D eigenvalue weighted by Crippen LogP contribution is 1.89. The van der Waals surface area contributed by atoms with Crippen LogP contribution >= 0.6 is 0 Å². The second kappa shape index (κ2) is 3.21. The van der Waals surface area contributed by atoms with Gasteiger partial charge in [-0.05, 0) is 0 Å². The van der Waals surface area contributed by atoms with E-state index in [2.05, 4.69) is 6.58 Å². The molecule has 0 aliphatic carbocycles. The van der Waals surface area contributed by atoms with Crippen molar-refractivity contribution in [3.63, 3.8) is 0 Å². The van der Waals surface area contributed by atoms with E-state index < -0.39 is 12.1 Å². The van der Waals surface area contributed by atoms with Crippen LogP contribution in [0.25, 0.3) is 0 Å². The molecule has 8 heavy (non-hydrogen) atoms. The van der Waals surface area contributed by atoms with Crippen molar-refractivity contribution >= 4 is 5.97 Å². The Labute approximate surface area is 47.3 Å². The summed E-state index contributed by atoms with van der Waals surface area (Å²) in [7, 11) is 0. The highest BCUT2D eigenvalue weighted by Gasteiger charge is 2.02. The van der Waals surface area contributed by atoms with E-state index in [4.69, 9.17) is 10.2 Å². The molecule has 0 fully saturated rings. The van der Waals surface area contributed by atoms with Gasteiger partial charge in [-0.25, -0.2) is 0 Å². The van der Waals surface area contributed by atoms with Crippen LogP contribution in [0.1, 0.15) is 6.42 Å². The lowest BCUT2D eigenvalue weighted by Gasteiger charge is -1.96. The molecule has 0 radical (unpaired) electrons. The number of hydrogen-bond donors (Lipinski definition) is 2. The van der Waals surface area contributed by atoms with Crippen LogP contribution in [0, 0.1) is 0 Å². The molecule has 0 heterocycles. The Hall–Kier alpha value is -0.830. The van der Waals surface area contributed by atoms with E-state index in [-0.39, 0.29) is 6.42 Å². The summed E-state index contributed by atoms with van der Waals surface area (Å²) in [5.41, 5.74) is 0. The Morgan fingerprint density at radius 3 is 2.50 bits per heavy atom. The third-order valence-electron chi connectivity index (χ3n) is 0.656. The van der Waals surface area contributed by atoms with Gasteiger partial charge in [-0.3, -0.25) is 4.79 Å². The monoisotopic (exact) mass is 116 g/mol. The molecule has 1 unspecified atom stereocenters. The number of carboxylic acids is 1. The van der Waals surface area contributed by atoms with Gasteiger partial charge < -0.3 is 10.2 Å². The minimum absolute atomic E-state index is 0.260. The average molecular weight is 116 g/mol. The second-order valence-corrected chi connectivity index (χ2v) is 1.40. The molecule has 0 saturated carbocycles. The van der Waals surface area contributed by atoms with Crippen LogP contribution in [0.5, 0.6) is 0 Å². The summed E-state index contributed by atoms with van der Waals surface area (Å²) >= 11 is 0. The number of hydrogen-bond acceptors (Lipinski definition) is 2. The van der Waals surface area contributed by atoms with Crippen molar-refractivity contribution < 1.29 is 15.0 Å². The quantitative estimate of drug-likeness (QED) is 0.510. The highest BCUT2D eigenvalue weighted by atomic mass is 16.4. The van der Waals surface area contributed by atoms with Crippen LogP contribution in [0.15, 0.2) is 12.7 Å². The van der Waals surface area contributed by atoms with Gasteiger partial charge in [-0.2, -0.15) is 0 Å². The zero-order chi connectivity index (χ0) is 6.57. The molecule has 0 aliphatic heterocycles. The van der Waals surface area contributed by atoms with Gasteiger partial charge in [0.15, 0.2) is 0 Å². The lowest BCUT2D eigenvalue weighted by Crippen LogP contribution is -2.08. The van der Waals surface area contributed by atoms with Crippen LogP contribution < -0.4 is 0 Å². The summed E-state index contributed by atoms with van der Waals surface area (Å²) in [6.45, 7) is 3.20. The number of aliphatic hydroxyl groups is 1. The summed E-state index contributed by atoms with van der Waals surface area (Å²) in [6, 6.07) is 0. The zero-order valence-corrected chi connectivity index (χ0v) is 4.37. The van der Waals surface area contributed by atoms with Crippen molar-refractivity contribution in [3.8, 4) is 0 Å². The van der Waals surface area contributed by atoms with Crippen LogP contribution in [0.3, 0.4) is 0 Å². The Balaban J connectivity index is 3.38. The smallest absolute Gasteiger partial charge is 0.306 e. The van der Waals surface area contributed by atoms with Gasteiger partial charge in [0.25, 0.3) is 0 Å². The van der Waals surface area contributed by atoms with Gasteiger partial charge in [0.05, 0.1) is 12.5 Å². The third kappa shape index (κ3) is 3.36. The highest BCUT2D eigenvalue weighted by molar-refractivity contribution is 5.67. The Bertz CT molecular complexity index is 97.8. The number of aliphatic carboxylic acids is 1. The van der Waals surface area contributed by atoms with Gasteiger partial charge in [-0.1, -0.05) is 6.08 Å². The van der Waals surface area contributed by atoms with Gasteiger partial charge in [0, 0.05) is 0 Å². The second-order valence-electron chi connectivity index (χ2n) is 1.40. The van der Waals surface area contributed by atoms with E-state index in [1.807, 2.05) is 0 Å². The molecule has 3 nitrogen and oxygen atoms in total. The van der Waals surface area contributed by atoms with Crippen molar-refractivity contribution in [1.82, 2.24) is 0 Å². The minimum atomic E-state index is -1.02. The predicted molar refractivity (Wildman–Crippen MR) is 28.5 cm³/mol. The van der Waals surface area contributed by atoms with E-state index in [1.165, 1.54) is 6.08 Å². The molecule has 46 valence electrons. The fraction of sp³-hybridized carbons (Fsp3) is 0.400. The van der Waals surface area contributed by atoms with Crippen LogP contribution in [-0.2, 0) is 4.79 Å². The maximum absolute atomic E-state index is 9.76. The van der Waals surface area contributed by atoms with Gasteiger partial charge >= 0.3 is 5.97 Å². The van der Waals surface area contributed by atoms with E-state index in [1.54, 1.807) is 0 Å². The number of rotatable bonds is 3. The largest absolute Gasteiger partial charge is 0.481 e. The molecular weight excluding hydrogens is 108 g/mol. The molecule has 0 rings (SSSR count). The normalized spacial score (nSPS) is 12.6. The Morgan fingerprint density at radius 2 is 2.38 bits per heavy atom. The molecule has 0 spiro atoms. The van der Waals surface area contributed by atoms with Crippen molar-refractivity contribution in [2.75, 3.05) is 0 Å². The Morgan fingerprint density at radius 1 is 1.88 bits per heavy atom. The molecule has 0 amide bonds. The van der Waals surface area contributed by atoms with Gasteiger partial charge in [0.1, 0.15) is 0 Å². The van der Waals surface area contributed by atoms with Crippen LogP contribution in [0.4, 0.5) is 0 Å². The first kappa shape index (κ1) is 7.17. The molecule has 0 saturated heterocycles. The van der Waals surface area contributed by atoms with E-state index in [9.17, 15) is 4.79 Å². The fourth-order valence-electron chi connectivity index (χ4n) is 0.262. The molecule has 0 bridgehead atoms. The summed E-state index contributed by atoms with van der Waals surface area (Å²) in [5, 5.41) is 16.5.